The van der Waals surface area contributed by atoms with Crippen molar-refractivity contribution >= 4 is 17.3 Å². The molecular weight excluding hydrogens is 192 g/mol. The van der Waals surface area contributed by atoms with Gasteiger partial charge in [-0.15, -0.1) is 11.3 Å². The Kier molecular flexibility index (Phi) is 3.35. The van der Waals surface area contributed by atoms with Gasteiger partial charge in [0, 0.05) is 5.38 Å². The fraction of sp³-hybridized carbons (Fsp3) is 0.429. The summed E-state index contributed by atoms with van der Waals surface area (Å²) in [5.41, 5.74) is 7.62. The van der Waals surface area contributed by atoms with Crippen molar-refractivity contribution in [2.24, 2.45) is 5.73 Å². The molecule has 0 spiro atoms. The van der Waals surface area contributed by atoms with Gasteiger partial charge in [-0.2, -0.15) is 0 Å². The Morgan fingerprint density at radius 3 is 3.00 bits per heavy atom. The van der Waals surface area contributed by atoms with Crippen molar-refractivity contribution in [1.82, 2.24) is 4.98 Å². The highest BCUT2D eigenvalue weighted by Gasteiger charge is 2.26. The number of aliphatic hydroxyl groups excluding tert-OH is 1. The monoisotopic (exact) mass is 202 g/mol. The number of esters is 1. The van der Waals surface area contributed by atoms with E-state index < -0.39 is 18.1 Å². The van der Waals surface area contributed by atoms with Crippen LogP contribution in [-0.4, -0.2) is 29.3 Å². The van der Waals surface area contributed by atoms with Gasteiger partial charge < -0.3 is 15.6 Å². The number of carbonyl (C=O) groups excluding carboxylic acids is 1. The van der Waals surface area contributed by atoms with E-state index in [2.05, 4.69) is 9.72 Å². The van der Waals surface area contributed by atoms with Crippen molar-refractivity contribution < 1.29 is 14.6 Å². The maximum atomic E-state index is 10.9. The van der Waals surface area contributed by atoms with Crippen LogP contribution in [0.1, 0.15) is 11.7 Å². The number of rotatable bonds is 3. The largest absolute Gasteiger partial charge is 0.467 e. The smallest absolute Gasteiger partial charge is 0.336 e. The number of nitrogens with two attached hydrogens (primary N) is 1. The lowest BCUT2D eigenvalue weighted by Gasteiger charge is -2.13. The van der Waals surface area contributed by atoms with Crippen LogP contribution in [0.25, 0.3) is 0 Å². The number of methoxy groups -OCH3 is 1. The molecule has 0 aliphatic heterocycles. The Balaban J connectivity index is 2.68. The summed E-state index contributed by atoms with van der Waals surface area (Å²) < 4.78 is 4.34. The summed E-state index contributed by atoms with van der Waals surface area (Å²) in [6.45, 7) is 0. The zero-order valence-electron chi connectivity index (χ0n) is 7.01. The van der Waals surface area contributed by atoms with E-state index in [1.54, 1.807) is 10.9 Å². The van der Waals surface area contributed by atoms with E-state index in [1.807, 2.05) is 0 Å². The van der Waals surface area contributed by atoms with Crippen molar-refractivity contribution in [1.29, 1.82) is 0 Å². The minimum Gasteiger partial charge on any atom is -0.467 e. The number of nitrogens with zero attached hydrogens (tertiary/aromatic N) is 1. The van der Waals surface area contributed by atoms with Gasteiger partial charge in [-0.05, 0) is 0 Å². The first kappa shape index (κ1) is 10.1. The second-order valence-corrected chi connectivity index (χ2v) is 3.13. The quantitative estimate of drug-likeness (QED) is 0.656. The molecule has 0 aromatic carbocycles. The maximum absolute atomic E-state index is 10.9. The first-order valence-corrected chi connectivity index (χ1v) is 4.50. The molecule has 0 saturated carbocycles. The van der Waals surface area contributed by atoms with Crippen LogP contribution in [0.3, 0.4) is 0 Å². The number of aromatic nitrogens is 1. The first-order chi connectivity index (χ1) is 6.16. The zero-order valence-corrected chi connectivity index (χ0v) is 7.82. The van der Waals surface area contributed by atoms with Gasteiger partial charge in [0.1, 0.15) is 0 Å². The lowest BCUT2D eigenvalue weighted by atomic mass is 10.1. The average Bonchev–Trinajstić information content (AvgIpc) is 2.67. The highest BCUT2D eigenvalue weighted by Crippen LogP contribution is 2.14. The predicted octanol–water partition coefficient (Wildman–Crippen LogP) is -0.323. The third-order valence-electron chi connectivity index (χ3n) is 1.58. The van der Waals surface area contributed by atoms with Crippen LogP contribution in [-0.2, 0) is 9.53 Å². The molecular formula is C7H10N2O3S. The maximum Gasteiger partial charge on any atom is 0.336 e. The van der Waals surface area contributed by atoms with Crippen LogP contribution >= 0.6 is 11.3 Å². The van der Waals surface area contributed by atoms with Crippen LogP contribution in [0, 0.1) is 0 Å². The second kappa shape index (κ2) is 4.31. The molecule has 5 nitrogen and oxygen atoms in total. The van der Waals surface area contributed by atoms with Crippen molar-refractivity contribution in [3.63, 3.8) is 0 Å². The van der Waals surface area contributed by atoms with Gasteiger partial charge in [-0.3, -0.25) is 0 Å². The summed E-state index contributed by atoms with van der Waals surface area (Å²) in [5, 5.41) is 11.0. The minimum absolute atomic E-state index is 0.489. The fourth-order valence-electron chi connectivity index (χ4n) is 0.816. The molecule has 13 heavy (non-hydrogen) atoms. The summed E-state index contributed by atoms with van der Waals surface area (Å²) in [6, 6.07) is -0.821. The van der Waals surface area contributed by atoms with E-state index >= 15 is 0 Å². The van der Waals surface area contributed by atoms with Crippen LogP contribution in [0.15, 0.2) is 10.9 Å². The minimum atomic E-state index is -1.35. The van der Waals surface area contributed by atoms with Crippen LogP contribution in [0.2, 0.25) is 0 Å². The molecule has 3 N–H and O–H groups in total. The third-order valence-corrected chi connectivity index (χ3v) is 2.18. The third kappa shape index (κ3) is 2.24. The number of thiazole rings is 1. The lowest BCUT2D eigenvalue weighted by molar-refractivity contribution is -0.151. The van der Waals surface area contributed by atoms with E-state index in [1.165, 1.54) is 18.4 Å². The molecule has 0 unspecified atom stereocenters. The molecule has 1 rings (SSSR count). The van der Waals surface area contributed by atoms with Crippen LogP contribution in [0.4, 0.5) is 0 Å². The van der Waals surface area contributed by atoms with Crippen LogP contribution < -0.4 is 5.73 Å². The Hall–Kier alpha value is -0.980. The number of aliphatic hydroxyl groups is 1. The standard InChI is InChI=1S/C7H10N2O3S/c1-12-7(11)6(10)5(8)4-2-13-3-9-4/h2-3,5-6,10H,8H2,1H3/t5-,6+/m0/s1. The molecule has 72 valence electrons. The van der Waals surface area contributed by atoms with E-state index in [0.29, 0.717) is 5.69 Å². The molecule has 0 aliphatic carbocycles. The molecule has 1 aromatic rings. The molecule has 0 radical (unpaired) electrons. The molecule has 2 atom stereocenters. The average molecular weight is 202 g/mol. The highest BCUT2D eigenvalue weighted by atomic mass is 32.1. The molecule has 0 saturated heterocycles. The Labute approximate surface area is 79.2 Å². The number of hydrogen-bond donors (Lipinski definition) is 2. The van der Waals surface area contributed by atoms with E-state index in [0.717, 1.165) is 0 Å². The van der Waals surface area contributed by atoms with Gasteiger partial charge in [0.05, 0.1) is 24.4 Å². The summed E-state index contributed by atoms with van der Waals surface area (Å²) in [6.07, 6.45) is -1.35. The van der Waals surface area contributed by atoms with E-state index in [-0.39, 0.29) is 0 Å². The molecule has 0 bridgehead atoms. The van der Waals surface area contributed by atoms with Gasteiger partial charge in [-0.25, -0.2) is 9.78 Å². The molecule has 0 amide bonds. The molecule has 0 fully saturated rings. The SMILES string of the molecule is COC(=O)[C@H](O)[C@@H](N)c1cscn1. The lowest BCUT2D eigenvalue weighted by Crippen LogP contribution is -2.34. The fourth-order valence-corrected chi connectivity index (χ4v) is 1.42. The van der Waals surface area contributed by atoms with E-state index in [4.69, 9.17) is 5.73 Å². The number of carbonyl (C=O) groups is 1. The topological polar surface area (TPSA) is 85.4 Å². The van der Waals surface area contributed by atoms with Crippen LogP contribution in [0.5, 0.6) is 0 Å². The Morgan fingerprint density at radius 2 is 2.54 bits per heavy atom. The zero-order chi connectivity index (χ0) is 9.84. The molecule has 0 aliphatic rings. The van der Waals surface area contributed by atoms with Gasteiger partial charge in [0.15, 0.2) is 6.10 Å². The normalized spacial score (nSPS) is 15.0. The van der Waals surface area contributed by atoms with Crippen molar-refractivity contribution in [2.45, 2.75) is 12.1 Å². The predicted molar refractivity (Wildman–Crippen MR) is 47.1 cm³/mol. The Morgan fingerprint density at radius 1 is 1.85 bits per heavy atom. The summed E-state index contributed by atoms with van der Waals surface area (Å²) in [5.74, 6) is -0.750. The summed E-state index contributed by atoms with van der Waals surface area (Å²) >= 11 is 1.35. The van der Waals surface area contributed by atoms with Crippen molar-refractivity contribution in [3.05, 3.63) is 16.6 Å². The number of ether oxygens (including phenoxy) is 1. The van der Waals surface area contributed by atoms with Gasteiger partial charge in [0.25, 0.3) is 0 Å². The van der Waals surface area contributed by atoms with Gasteiger partial charge in [0.2, 0.25) is 0 Å². The highest BCUT2D eigenvalue weighted by molar-refractivity contribution is 7.07. The van der Waals surface area contributed by atoms with Crippen molar-refractivity contribution in [2.75, 3.05) is 7.11 Å². The van der Waals surface area contributed by atoms with Gasteiger partial charge >= 0.3 is 5.97 Å². The summed E-state index contributed by atoms with van der Waals surface area (Å²) in [7, 11) is 1.19. The van der Waals surface area contributed by atoms with Gasteiger partial charge in [-0.1, -0.05) is 0 Å². The first-order valence-electron chi connectivity index (χ1n) is 3.56. The summed E-state index contributed by atoms with van der Waals surface area (Å²) in [4.78, 5) is 14.8. The molecule has 6 heteroatoms. The Bertz CT molecular complexity index is 275. The van der Waals surface area contributed by atoms with E-state index in [9.17, 15) is 9.90 Å². The molecule has 1 aromatic heterocycles. The second-order valence-electron chi connectivity index (χ2n) is 2.41. The molecule has 1 heterocycles. The number of hydrogen-bond acceptors (Lipinski definition) is 6. The van der Waals surface area contributed by atoms with Crippen molar-refractivity contribution in [3.8, 4) is 0 Å².